The third-order valence-electron chi connectivity index (χ3n) is 4.03. The largest absolute Gasteiger partial charge is 0.478 e. The number of aromatic carboxylic acids is 1. The van der Waals surface area contributed by atoms with Gasteiger partial charge in [-0.3, -0.25) is 0 Å². The predicted octanol–water partition coefficient (Wildman–Crippen LogP) is 1.98. The van der Waals surface area contributed by atoms with Crippen LogP contribution >= 0.6 is 0 Å². The Morgan fingerprint density at radius 1 is 1.17 bits per heavy atom. The van der Waals surface area contributed by atoms with Crippen molar-refractivity contribution in [3.05, 3.63) is 41.7 Å². The van der Waals surface area contributed by atoms with Crippen LogP contribution in [0.1, 0.15) is 16.2 Å². The minimum atomic E-state index is -0.948. The van der Waals surface area contributed by atoms with Gasteiger partial charge < -0.3 is 20.2 Å². The number of hydrogen-bond acceptors (Lipinski definition) is 6. The molecule has 24 heavy (non-hydrogen) atoms. The first-order chi connectivity index (χ1) is 11.5. The van der Waals surface area contributed by atoms with E-state index in [9.17, 15) is 4.79 Å². The minimum Gasteiger partial charge on any atom is -0.478 e. The number of carbonyl (C=O) groups is 1. The fourth-order valence-corrected chi connectivity index (χ4v) is 2.69. The molecule has 126 valence electrons. The lowest BCUT2D eigenvalue weighted by Gasteiger charge is -2.33. The second kappa shape index (κ2) is 6.84. The summed E-state index contributed by atoms with van der Waals surface area (Å²) in [6, 6.07) is 8.59. The fraction of sp³-hybridized carbons (Fsp3) is 0.353. The fourth-order valence-electron chi connectivity index (χ4n) is 2.69. The molecule has 1 aromatic carbocycles. The van der Waals surface area contributed by atoms with Gasteiger partial charge in [0.2, 0.25) is 0 Å². The Morgan fingerprint density at radius 2 is 1.92 bits per heavy atom. The number of hydrogen-bond donors (Lipinski definition) is 2. The van der Waals surface area contributed by atoms with Gasteiger partial charge in [0.15, 0.2) is 0 Å². The summed E-state index contributed by atoms with van der Waals surface area (Å²) >= 11 is 0. The van der Waals surface area contributed by atoms with E-state index in [1.165, 1.54) is 0 Å². The highest BCUT2D eigenvalue weighted by atomic mass is 16.4. The van der Waals surface area contributed by atoms with Gasteiger partial charge in [-0.05, 0) is 32.2 Å². The molecule has 7 nitrogen and oxygen atoms in total. The second-order valence-corrected chi connectivity index (χ2v) is 5.96. The molecule has 0 atom stereocenters. The summed E-state index contributed by atoms with van der Waals surface area (Å²) in [4.78, 5) is 24.6. The van der Waals surface area contributed by atoms with Gasteiger partial charge in [0.05, 0.1) is 5.56 Å². The van der Waals surface area contributed by atoms with Crippen molar-refractivity contribution >= 4 is 23.3 Å². The van der Waals surface area contributed by atoms with Crippen LogP contribution < -0.4 is 10.2 Å². The molecule has 7 heteroatoms. The lowest BCUT2D eigenvalue weighted by Crippen LogP contribution is -2.44. The molecule has 1 aliphatic rings. The number of nitrogens with one attached hydrogen (secondary N) is 1. The highest BCUT2D eigenvalue weighted by Gasteiger charge is 2.16. The van der Waals surface area contributed by atoms with Crippen LogP contribution in [0.15, 0.2) is 30.3 Å². The third kappa shape index (κ3) is 3.80. The number of rotatable bonds is 4. The average Bonchev–Trinajstić information content (AvgIpc) is 2.55. The molecule has 0 saturated carbocycles. The first-order valence-corrected chi connectivity index (χ1v) is 7.91. The zero-order valence-corrected chi connectivity index (χ0v) is 13.9. The van der Waals surface area contributed by atoms with Gasteiger partial charge in [0.1, 0.15) is 17.5 Å². The molecular formula is C17H21N5O2. The Kier molecular flexibility index (Phi) is 4.61. The summed E-state index contributed by atoms with van der Waals surface area (Å²) in [6.45, 7) is 5.74. The lowest BCUT2D eigenvalue weighted by atomic mass is 10.2. The van der Waals surface area contributed by atoms with Crippen LogP contribution in [0.25, 0.3) is 0 Å². The summed E-state index contributed by atoms with van der Waals surface area (Å²) in [5.41, 5.74) is 0.933. The predicted molar refractivity (Wildman–Crippen MR) is 93.2 cm³/mol. The number of nitrogens with zero attached hydrogens (tertiary/aromatic N) is 4. The van der Waals surface area contributed by atoms with Crippen LogP contribution in [0.2, 0.25) is 0 Å². The molecular weight excluding hydrogens is 306 g/mol. The molecule has 1 aliphatic heterocycles. The van der Waals surface area contributed by atoms with E-state index in [1.807, 2.05) is 19.1 Å². The van der Waals surface area contributed by atoms with Crippen molar-refractivity contribution in [2.45, 2.75) is 6.92 Å². The molecule has 0 bridgehead atoms. The molecule has 1 saturated heterocycles. The number of carboxylic acids is 1. The zero-order chi connectivity index (χ0) is 17.1. The zero-order valence-electron chi connectivity index (χ0n) is 13.9. The molecule has 0 aliphatic carbocycles. The van der Waals surface area contributed by atoms with Crippen molar-refractivity contribution in [2.75, 3.05) is 43.4 Å². The second-order valence-electron chi connectivity index (χ2n) is 5.96. The van der Waals surface area contributed by atoms with Gasteiger partial charge in [0.25, 0.3) is 0 Å². The molecule has 1 aromatic heterocycles. The van der Waals surface area contributed by atoms with Crippen LogP contribution in [0.3, 0.4) is 0 Å². The van der Waals surface area contributed by atoms with Gasteiger partial charge in [-0.15, -0.1) is 0 Å². The molecule has 0 radical (unpaired) electrons. The highest BCUT2D eigenvalue weighted by molar-refractivity contribution is 5.89. The van der Waals surface area contributed by atoms with Crippen molar-refractivity contribution in [1.29, 1.82) is 0 Å². The lowest BCUT2D eigenvalue weighted by molar-refractivity contribution is 0.0697. The van der Waals surface area contributed by atoms with Crippen LogP contribution in [0.4, 0.5) is 17.3 Å². The summed E-state index contributed by atoms with van der Waals surface area (Å²) in [5, 5.41) is 12.3. The minimum absolute atomic E-state index is 0.241. The first kappa shape index (κ1) is 16.2. The number of benzene rings is 1. The molecule has 0 unspecified atom stereocenters. The van der Waals surface area contributed by atoms with Crippen LogP contribution in [0.5, 0.6) is 0 Å². The first-order valence-electron chi connectivity index (χ1n) is 7.91. The van der Waals surface area contributed by atoms with E-state index < -0.39 is 5.97 Å². The van der Waals surface area contributed by atoms with Crippen LogP contribution in [-0.4, -0.2) is 59.2 Å². The maximum Gasteiger partial charge on any atom is 0.335 e. The third-order valence-corrected chi connectivity index (χ3v) is 4.03. The van der Waals surface area contributed by atoms with E-state index in [-0.39, 0.29) is 5.56 Å². The number of aromatic nitrogens is 2. The van der Waals surface area contributed by atoms with Gasteiger partial charge >= 0.3 is 5.97 Å². The SMILES string of the molecule is Cc1nc(Nc2cccc(C(=O)O)c2)cc(N2CCN(C)CC2)n1. The molecule has 3 rings (SSSR count). The van der Waals surface area contributed by atoms with Gasteiger partial charge in [0, 0.05) is 37.9 Å². The Hall–Kier alpha value is -2.67. The summed E-state index contributed by atoms with van der Waals surface area (Å²) in [7, 11) is 2.12. The Morgan fingerprint density at radius 3 is 2.62 bits per heavy atom. The summed E-state index contributed by atoms with van der Waals surface area (Å²) in [5.74, 6) is 1.30. The molecule has 2 N–H and O–H groups in total. The summed E-state index contributed by atoms with van der Waals surface area (Å²) < 4.78 is 0. The van der Waals surface area contributed by atoms with Crippen molar-refractivity contribution in [2.24, 2.45) is 0 Å². The van der Waals surface area contributed by atoms with Crippen LogP contribution in [0, 0.1) is 6.92 Å². The van der Waals surface area contributed by atoms with Crippen molar-refractivity contribution < 1.29 is 9.90 Å². The van der Waals surface area contributed by atoms with Gasteiger partial charge in [-0.2, -0.15) is 0 Å². The maximum atomic E-state index is 11.1. The number of likely N-dealkylation sites (N-methyl/N-ethyl adjacent to an activating group) is 1. The van der Waals surface area contributed by atoms with E-state index in [0.717, 1.165) is 32.0 Å². The van der Waals surface area contributed by atoms with E-state index in [1.54, 1.807) is 18.2 Å². The Bertz CT molecular complexity index is 742. The number of piperazine rings is 1. The van der Waals surface area contributed by atoms with Gasteiger partial charge in [-0.1, -0.05) is 6.07 Å². The average molecular weight is 327 g/mol. The van der Waals surface area contributed by atoms with Crippen molar-refractivity contribution in [1.82, 2.24) is 14.9 Å². The van der Waals surface area contributed by atoms with Crippen molar-refractivity contribution in [3.8, 4) is 0 Å². The number of carboxylic acid groups (broad SMARTS) is 1. The summed E-state index contributed by atoms with van der Waals surface area (Å²) in [6.07, 6.45) is 0. The molecule has 0 spiro atoms. The normalized spacial score (nSPS) is 15.3. The van der Waals surface area contributed by atoms with E-state index in [2.05, 4.69) is 32.1 Å². The Labute approximate surface area is 141 Å². The number of anilines is 3. The molecule has 2 heterocycles. The molecule has 1 fully saturated rings. The van der Waals surface area contributed by atoms with E-state index >= 15 is 0 Å². The monoisotopic (exact) mass is 327 g/mol. The quantitative estimate of drug-likeness (QED) is 0.888. The topological polar surface area (TPSA) is 81.6 Å². The van der Waals surface area contributed by atoms with E-state index in [0.29, 0.717) is 17.3 Å². The van der Waals surface area contributed by atoms with Gasteiger partial charge in [-0.25, -0.2) is 14.8 Å². The van der Waals surface area contributed by atoms with Crippen molar-refractivity contribution in [3.63, 3.8) is 0 Å². The standard InChI is InChI=1S/C17H21N5O2/c1-12-18-15(20-14-5-3-4-13(10-14)17(23)24)11-16(19-12)22-8-6-21(2)7-9-22/h3-5,10-11H,6-9H2,1-2H3,(H,23,24)(H,18,19,20). The molecule has 2 aromatic rings. The highest BCUT2D eigenvalue weighted by Crippen LogP contribution is 2.21. The van der Waals surface area contributed by atoms with E-state index in [4.69, 9.17) is 5.11 Å². The Balaban J connectivity index is 1.81. The number of aryl methyl sites for hydroxylation is 1. The smallest absolute Gasteiger partial charge is 0.335 e. The maximum absolute atomic E-state index is 11.1. The molecule has 0 amide bonds. The van der Waals surface area contributed by atoms with Crippen LogP contribution in [-0.2, 0) is 0 Å².